The first kappa shape index (κ1) is 16.6. The summed E-state index contributed by atoms with van der Waals surface area (Å²) in [5.74, 6) is 0.778. The Morgan fingerprint density at radius 1 is 1.04 bits per heavy atom. The van der Waals surface area contributed by atoms with E-state index in [1.54, 1.807) is 0 Å². The molecular weight excluding hydrogens is 372 g/mol. The van der Waals surface area contributed by atoms with Gasteiger partial charge in [0.05, 0.1) is 29.0 Å². The zero-order valence-corrected chi connectivity index (χ0v) is 16.3. The molecule has 28 heavy (non-hydrogen) atoms. The normalized spacial score (nSPS) is 26.2. The van der Waals surface area contributed by atoms with Gasteiger partial charge in [-0.05, 0) is 68.2 Å². The molecule has 3 saturated heterocycles. The smallest absolute Gasteiger partial charge is 0.255 e. The third-order valence-electron chi connectivity index (χ3n) is 6.68. The fourth-order valence-corrected chi connectivity index (χ4v) is 5.38. The number of aromatic nitrogens is 2. The summed E-state index contributed by atoms with van der Waals surface area (Å²) in [6.45, 7) is 3.95. The Hall–Kier alpha value is -2.37. The number of hydrogen-bond acceptors (Lipinski definition) is 3. The first-order valence-corrected chi connectivity index (χ1v) is 10.4. The second kappa shape index (κ2) is 6.06. The zero-order valence-electron chi connectivity index (χ0n) is 15.5. The van der Waals surface area contributed by atoms with Crippen LogP contribution in [0.25, 0.3) is 16.6 Å². The lowest BCUT2D eigenvalue weighted by Crippen LogP contribution is -2.59. The molecule has 3 fully saturated rings. The topological polar surface area (TPSA) is 41.4 Å². The summed E-state index contributed by atoms with van der Waals surface area (Å²) < 4.78 is 1.94. The van der Waals surface area contributed by atoms with Crippen LogP contribution in [0.2, 0.25) is 5.02 Å². The molecule has 0 spiro atoms. The van der Waals surface area contributed by atoms with Crippen LogP contribution in [0.3, 0.4) is 0 Å². The Morgan fingerprint density at radius 3 is 2.54 bits per heavy atom. The minimum Gasteiger partial charge on any atom is -0.328 e. The van der Waals surface area contributed by atoms with Crippen molar-refractivity contribution in [2.45, 2.75) is 25.4 Å². The first-order valence-electron chi connectivity index (χ1n) is 9.99. The lowest BCUT2D eigenvalue weighted by Gasteiger charge is -2.49. The number of piperidine rings is 3. The predicted molar refractivity (Wildman–Crippen MR) is 109 cm³/mol. The Bertz CT molecular complexity index is 1080. The summed E-state index contributed by atoms with van der Waals surface area (Å²) in [7, 11) is 0. The van der Waals surface area contributed by atoms with E-state index in [1.165, 1.54) is 25.9 Å². The molecule has 5 nitrogen and oxygen atoms in total. The highest BCUT2D eigenvalue weighted by Crippen LogP contribution is 2.37. The molecule has 1 amide bonds. The van der Waals surface area contributed by atoms with Gasteiger partial charge in [-0.25, -0.2) is 4.68 Å². The van der Waals surface area contributed by atoms with E-state index in [0.29, 0.717) is 23.5 Å². The first-order chi connectivity index (χ1) is 13.7. The van der Waals surface area contributed by atoms with Crippen molar-refractivity contribution in [2.75, 3.05) is 19.6 Å². The summed E-state index contributed by atoms with van der Waals surface area (Å²) in [6, 6.07) is 14.0. The van der Waals surface area contributed by atoms with Crippen LogP contribution in [0.1, 0.15) is 28.9 Å². The lowest BCUT2D eigenvalue weighted by atomic mass is 9.82. The SMILES string of the molecule is O=C1c2cccc3c2c(nn3-c2ccc(Cl)cc2)CN1C1CN2CCC1CC2. The van der Waals surface area contributed by atoms with Gasteiger partial charge in [-0.3, -0.25) is 4.79 Å². The predicted octanol–water partition coefficient (Wildman–Crippen LogP) is 3.73. The van der Waals surface area contributed by atoms with Gasteiger partial charge in [0.1, 0.15) is 0 Å². The Balaban J connectivity index is 1.45. The number of amides is 1. The van der Waals surface area contributed by atoms with Gasteiger partial charge >= 0.3 is 0 Å². The minimum absolute atomic E-state index is 0.160. The molecule has 6 heteroatoms. The summed E-state index contributed by atoms with van der Waals surface area (Å²) in [5, 5.41) is 6.63. The van der Waals surface area contributed by atoms with Crippen molar-refractivity contribution in [3.8, 4) is 5.69 Å². The molecular formula is C22H21ClN4O. The Morgan fingerprint density at radius 2 is 1.82 bits per heavy atom. The third kappa shape index (κ3) is 2.36. The zero-order chi connectivity index (χ0) is 18.8. The van der Waals surface area contributed by atoms with E-state index >= 15 is 0 Å². The van der Waals surface area contributed by atoms with Gasteiger partial charge in [-0.1, -0.05) is 17.7 Å². The standard InChI is InChI=1S/C22H21ClN4O/c23-15-4-6-16(7-5-15)27-19-3-1-2-17-21(19)18(24-27)12-26(22(17)28)20-13-25-10-8-14(20)9-11-25/h1-7,14,20H,8-13H2. The number of carbonyl (C=O) groups excluding carboxylic acids is 1. The molecule has 2 bridgehead atoms. The van der Waals surface area contributed by atoms with Gasteiger partial charge in [0.25, 0.3) is 5.91 Å². The highest BCUT2D eigenvalue weighted by Gasteiger charge is 2.42. The highest BCUT2D eigenvalue weighted by atomic mass is 35.5. The van der Waals surface area contributed by atoms with Crippen LogP contribution in [0.5, 0.6) is 0 Å². The molecule has 2 aromatic carbocycles. The Labute approximate surface area is 168 Å². The quantitative estimate of drug-likeness (QED) is 0.667. The number of hydrogen-bond donors (Lipinski definition) is 0. The van der Waals surface area contributed by atoms with Crippen molar-refractivity contribution in [3.05, 3.63) is 58.7 Å². The van der Waals surface area contributed by atoms with Crippen LogP contribution in [-0.2, 0) is 6.54 Å². The van der Waals surface area contributed by atoms with Crippen LogP contribution >= 0.6 is 11.6 Å². The number of rotatable bonds is 2. The van der Waals surface area contributed by atoms with E-state index < -0.39 is 0 Å². The van der Waals surface area contributed by atoms with Crippen molar-refractivity contribution >= 4 is 28.4 Å². The van der Waals surface area contributed by atoms with E-state index in [-0.39, 0.29) is 5.91 Å². The van der Waals surface area contributed by atoms with Crippen molar-refractivity contribution in [1.82, 2.24) is 19.6 Å². The maximum absolute atomic E-state index is 13.4. The van der Waals surface area contributed by atoms with Crippen LogP contribution in [-0.4, -0.2) is 51.2 Å². The summed E-state index contributed by atoms with van der Waals surface area (Å²) in [5.41, 5.74) is 3.73. The second-order valence-electron chi connectivity index (χ2n) is 8.17. The molecule has 0 N–H and O–H groups in total. The Kier molecular flexibility index (Phi) is 3.59. The molecule has 0 saturated carbocycles. The number of fused-ring (bicyclic) bond motifs is 3. The molecule has 3 aromatic rings. The van der Waals surface area contributed by atoms with Gasteiger partial charge in [0.2, 0.25) is 0 Å². The van der Waals surface area contributed by atoms with Crippen molar-refractivity contribution in [2.24, 2.45) is 5.92 Å². The molecule has 1 atom stereocenters. The monoisotopic (exact) mass is 392 g/mol. The van der Waals surface area contributed by atoms with Crippen LogP contribution < -0.4 is 0 Å². The van der Waals surface area contributed by atoms with Crippen LogP contribution in [0.4, 0.5) is 0 Å². The van der Waals surface area contributed by atoms with E-state index in [4.69, 9.17) is 16.7 Å². The molecule has 4 aliphatic heterocycles. The van der Waals surface area contributed by atoms with Gasteiger partial charge in [0, 0.05) is 23.0 Å². The molecule has 142 valence electrons. The minimum atomic E-state index is 0.160. The van der Waals surface area contributed by atoms with E-state index in [1.807, 2.05) is 47.1 Å². The average Bonchev–Trinajstić information content (AvgIpc) is 3.11. The lowest BCUT2D eigenvalue weighted by molar-refractivity contribution is 0.00364. The van der Waals surface area contributed by atoms with Crippen molar-refractivity contribution < 1.29 is 4.79 Å². The van der Waals surface area contributed by atoms with E-state index in [0.717, 1.165) is 34.4 Å². The molecule has 5 heterocycles. The highest BCUT2D eigenvalue weighted by molar-refractivity contribution is 6.30. The number of carbonyl (C=O) groups is 1. The average molecular weight is 393 g/mol. The number of nitrogens with zero attached hydrogens (tertiary/aromatic N) is 4. The van der Waals surface area contributed by atoms with Gasteiger partial charge < -0.3 is 9.80 Å². The van der Waals surface area contributed by atoms with E-state index in [9.17, 15) is 4.79 Å². The van der Waals surface area contributed by atoms with Gasteiger partial charge in [0.15, 0.2) is 0 Å². The maximum Gasteiger partial charge on any atom is 0.255 e. The maximum atomic E-state index is 13.4. The summed E-state index contributed by atoms with van der Waals surface area (Å²) >= 11 is 6.06. The molecule has 7 rings (SSSR count). The third-order valence-corrected chi connectivity index (χ3v) is 6.94. The molecule has 1 unspecified atom stereocenters. The van der Waals surface area contributed by atoms with Gasteiger partial charge in [-0.2, -0.15) is 5.10 Å². The number of benzene rings is 2. The molecule has 4 aliphatic rings. The number of halogens is 1. The molecule has 1 aromatic heterocycles. The second-order valence-corrected chi connectivity index (χ2v) is 8.61. The van der Waals surface area contributed by atoms with Gasteiger partial charge in [-0.15, -0.1) is 0 Å². The fraction of sp³-hybridized carbons (Fsp3) is 0.364. The van der Waals surface area contributed by atoms with Crippen molar-refractivity contribution in [1.29, 1.82) is 0 Å². The summed E-state index contributed by atoms with van der Waals surface area (Å²) in [4.78, 5) is 18.0. The van der Waals surface area contributed by atoms with Crippen LogP contribution in [0.15, 0.2) is 42.5 Å². The van der Waals surface area contributed by atoms with E-state index in [2.05, 4.69) is 9.80 Å². The summed E-state index contributed by atoms with van der Waals surface area (Å²) in [6.07, 6.45) is 2.40. The van der Waals surface area contributed by atoms with Crippen LogP contribution in [0, 0.1) is 5.92 Å². The molecule has 0 aliphatic carbocycles. The molecule has 0 radical (unpaired) electrons. The fourth-order valence-electron chi connectivity index (χ4n) is 5.26. The largest absolute Gasteiger partial charge is 0.328 e. The van der Waals surface area contributed by atoms with Crippen molar-refractivity contribution in [3.63, 3.8) is 0 Å².